The van der Waals surface area contributed by atoms with Gasteiger partial charge in [-0.1, -0.05) is 121 Å². The second kappa shape index (κ2) is 23.2. The molecule has 0 aliphatic carbocycles. The topological polar surface area (TPSA) is 88.1 Å². The minimum Gasteiger partial charge on any atom is -0.494 e. The first-order valence-electron chi connectivity index (χ1n) is 20.8. The van der Waals surface area contributed by atoms with Crippen molar-refractivity contribution in [2.45, 2.75) is 104 Å². The van der Waals surface area contributed by atoms with Crippen molar-refractivity contribution in [1.82, 2.24) is 0 Å². The summed E-state index contributed by atoms with van der Waals surface area (Å²) in [6.07, 6.45) is 14.7. The molecule has 0 radical (unpaired) electrons. The van der Waals surface area contributed by atoms with Gasteiger partial charge in [-0.05, 0) is 125 Å². The van der Waals surface area contributed by atoms with Gasteiger partial charge < -0.3 is 18.9 Å². The molecule has 1 atom stereocenters. The summed E-state index contributed by atoms with van der Waals surface area (Å²) < 4.78 is 22.1. The summed E-state index contributed by atoms with van der Waals surface area (Å²) in [4.78, 5) is 39.7. The molecule has 0 spiro atoms. The van der Waals surface area contributed by atoms with E-state index in [0.29, 0.717) is 40.7 Å². The highest BCUT2D eigenvalue weighted by atomic mass is 32.1. The first-order valence-corrected chi connectivity index (χ1v) is 21.3. The van der Waals surface area contributed by atoms with Gasteiger partial charge in [-0.2, -0.15) is 0 Å². The number of hydrogen-bond donors (Lipinski definition) is 0. The monoisotopic (exact) mass is 800 g/mol. The number of ether oxygens (including phenoxy) is 4. The summed E-state index contributed by atoms with van der Waals surface area (Å²) in [5.74, 6) is 1.45. The molecule has 8 heteroatoms. The molecule has 5 aromatic carbocycles. The van der Waals surface area contributed by atoms with Crippen LogP contribution in [-0.2, 0) is 6.42 Å². The fourth-order valence-electron chi connectivity index (χ4n) is 6.64. The van der Waals surface area contributed by atoms with Gasteiger partial charge in [-0.3, -0.25) is 4.79 Å². The molecule has 0 bridgehead atoms. The van der Waals surface area contributed by atoms with Crippen molar-refractivity contribution in [1.29, 1.82) is 0 Å². The van der Waals surface area contributed by atoms with Crippen molar-refractivity contribution in [3.8, 4) is 23.0 Å². The van der Waals surface area contributed by atoms with E-state index in [2.05, 4.69) is 32.9 Å². The fraction of sp³-hybridized carbons (Fsp3) is 0.360. The number of fused-ring (bicyclic) bond motifs is 1. The van der Waals surface area contributed by atoms with E-state index in [4.69, 9.17) is 31.2 Å². The highest BCUT2D eigenvalue weighted by molar-refractivity contribution is 7.80. The van der Waals surface area contributed by atoms with Crippen LogP contribution >= 0.6 is 12.2 Å². The second-order valence-electron chi connectivity index (χ2n) is 15.1. The van der Waals surface area contributed by atoms with E-state index in [1.807, 2.05) is 18.2 Å². The Hall–Kier alpha value is -5.34. The van der Waals surface area contributed by atoms with Gasteiger partial charge in [0.2, 0.25) is 0 Å². The van der Waals surface area contributed by atoms with Crippen LogP contribution in [0.4, 0.5) is 4.79 Å². The number of esters is 1. The third kappa shape index (κ3) is 14.2. The Balaban J connectivity index is 1.02. The number of rotatable bonds is 23. The molecule has 1 unspecified atom stereocenters. The van der Waals surface area contributed by atoms with Gasteiger partial charge in [0, 0.05) is 17.5 Å². The first kappa shape index (κ1) is 43.8. The molecule has 5 aromatic rings. The summed E-state index contributed by atoms with van der Waals surface area (Å²) >= 11 is 5.62. The number of unbranched alkanes of at least 4 members (excludes halogenated alkanes) is 9. The van der Waals surface area contributed by atoms with E-state index >= 15 is 0 Å². The van der Waals surface area contributed by atoms with Crippen molar-refractivity contribution >= 4 is 45.8 Å². The molecule has 0 aliphatic rings. The Morgan fingerprint density at radius 2 is 1.03 bits per heavy atom. The maximum atomic E-state index is 13.2. The lowest BCUT2D eigenvalue weighted by molar-refractivity contribution is 0.0734. The smallest absolute Gasteiger partial charge is 0.494 e. The van der Waals surface area contributed by atoms with E-state index in [1.165, 1.54) is 63.5 Å². The van der Waals surface area contributed by atoms with Gasteiger partial charge in [-0.15, -0.1) is 0 Å². The van der Waals surface area contributed by atoms with Crippen LogP contribution in [-0.4, -0.2) is 29.4 Å². The zero-order chi connectivity index (χ0) is 41.1. The maximum absolute atomic E-state index is 13.2. The molecule has 0 amide bonds. The zero-order valence-electron chi connectivity index (χ0n) is 34.1. The number of ketones is 1. The van der Waals surface area contributed by atoms with Crippen molar-refractivity contribution in [3.05, 3.63) is 131 Å². The highest BCUT2D eigenvalue weighted by Gasteiger charge is 2.15. The van der Waals surface area contributed by atoms with Crippen molar-refractivity contribution < 1.29 is 33.3 Å². The first-order chi connectivity index (χ1) is 28.2. The lowest BCUT2D eigenvalue weighted by Crippen LogP contribution is -2.13. The third-order valence-electron chi connectivity index (χ3n) is 10.3. The Labute approximate surface area is 349 Å². The van der Waals surface area contributed by atoms with E-state index in [9.17, 15) is 14.4 Å². The molecule has 7 nitrogen and oxygen atoms in total. The summed E-state index contributed by atoms with van der Waals surface area (Å²) in [5.41, 5.74) is 2.40. The molecule has 5 rings (SSSR count). The zero-order valence-corrected chi connectivity index (χ0v) is 35.0. The largest absolute Gasteiger partial charge is 0.519 e. The van der Waals surface area contributed by atoms with E-state index in [0.717, 1.165) is 59.1 Å². The van der Waals surface area contributed by atoms with Crippen LogP contribution in [0.1, 0.15) is 130 Å². The van der Waals surface area contributed by atoms with Crippen LogP contribution in [0.2, 0.25) is 0 Å². The van der Waals surface area contributed by atoms with E-state index in [-0.39, 0.29) is 11.5 Å². The van der Waals surface area contributed by atoms with Crippen LogP contribution in [0.15, 0.2) is 109 Å². The van der Waals surface area contributed by atoms with Gasteiger partial charge >= 0.3 is 12.1 Å². The summed E-state index contributed by atoms with van der Waals surface area (Å²) in [6, 6.07) is 31.1. The molecule has 0 aromatic heterocycles. The predicted molar refractivity (Wildman–Crippen MR) is 236 cm³/mol. The van der Waals surface area contributed by atoms with Crippen molar-refractivity contribution in [3.63, 3.8) is 0 Å². The Morgan fingerprint density at radius 3 is 1.62 bits per heavy atom. The van der Waals surface area contributed by atoms with Gasteiger partial charge in [0.15, 0.2) is 5.78 Å². The van der Waals surface area contributed by atoms with Crippen molar-refractivity contribution in [2.75, 3.05) is 6.61 Å². The Bertz CT molecular complexity index is 2090. The SMILES string of the molecule is CCCCCCCCCCCCOc1ccc(OC(=O)Oc2ccc(C(=O)c3ccc(OC(=O)c4ccc5cc(CC(=S)CC(C)CC)ccc5c4)cc3)cc2)cc1. The van der Waals surface area contributed by atoms with Crippen molar-refractivity contribution in [2.24, 2.45) is 5.92 Å². The molecule has 0 N–H and O–H groups in total. The molecule has 0 fully saturated rings. The molecule has 304 valence electrons. The minimum atomic E-state index is -0.894. The molecular weight excluding hydrogens is 745 g/mol. The average Bonchev–Trinajstić information content (AvgIpc) is 3.23. The van der Waals surface area contributed by atoms with E-state index in [1.54, 1.807) is 66.7 Å². The maximum Gasteiger partial charge on any atom is 0.519 e. The van der Waals surface area contributed by atoms with Crippen LogP contribution in [0.3, 0.4) is 0 Å². The molecule has 0 aliphatic heterocycles. The van der Waals surface area contributed by atoms with Gasteiger partial charge in [-0.25, -0.2) is 9.59 Å². The molecule has 0 heterocycles. The molecule has 0 saturated carbocycles. The Kier molecular flexibility index (Phi) is 17.5. The van der Waals surface area contributed by atoms with Gasteiger partial charge in [0.05, 0.1) is 12.2 Å². The van der Waals surface area contributed by atoms with Crippen LogP contribution in [0.5, 0.6) is 23.0 Å². The predicted octanol–water partition coefficient (Wildman–Crippen LogP) is 13.5. The lowest BCUT2D eigenvalue weighted by atomic mass is 9.97. The van der Waals surface area contributed by atoms with Crippen LogP contribution in [0.25, 0.3) is 10.8 Å². The van der Waals surface area contributed by atoms with Gasteiger partial charge in [0.1, 0.15) is 23.0 Å². The number of carbonyl (C=O) groups is 3. The molecule has 58 heavy (non-hydrogen) atoms. The summed E-state index contributed by atoms with van der Waals surface area (Å²) in [7, 11) is 0. The fourth-order valence-corrected chi connectivity index (χ4v) is 7.09. The lowest BCUT2D eigenvalue weighted by Gasteiger charge is -2.11. The summed E-state index contributed by atoms with van der Waals surface area (Å²) in [5, 5.41) is 1.97. The van der Waals surface area contributed by atoms with Gasteiger partial charge in [0.25, 0.3) is 0 Å². The average molecular weight is 801 g/mol. The summed E-state index contributed by atoms with van der Waals surface area (Å²) in [6.45, 7) is 7.30. The standard InChI is InChI=1S/C50H56O7S/c1-4-6-7-8-9-10-11-12-13-14-31-54-43-27-29-46(30-28-43)57-50(53)56-45-25-21-39(22-26-45)48(51)38-19-23-44(24-20-38)55-49(52)42-18-17-40-33-37(15-16-41(40)35-42)34-47(58)32-36(3)5-2/h15-30,33,35-36H,4-14,31-32,34H2,1-3H3. The number of benzene rings is 5. The number of carbonyl (C=O) groups excluding carboxylic acids is 3. The molecular formula is C50H56O7S. The third-order valence-corrected chi connectivity index (χ3v) is 10.6. The number of hydrogen-bond acceptors (Lipinski definition) is 8. The molecule has 0 saturated heterocycles. The Morgan fingerprint density at radius 1 is 0.552 bits per heavy atom. The second-order valence-corrected chi connectivity index (χ2v) is 15.6. The van der Waals surface area contributed by atoms with Crippen LogP contribution in [0, 0.1) is 5.92 Å². The highest BCUT2D eigenvalue weighted by Crippen LogP contribution is 2.24. The van der Waals surface area contributed by atoms with E-state index < -0.39 is 12.1 Å². The van der Waals surface area contributed by atoms with Crippen LogP contribution < -0.4 is 18.9 Å². The number of thiocarbonyl (C=S) groups is 1. The quantitative estimate of drug-likeness (QED) is 0.0161. The normalized spacial score (nSPS) is 11.5. The minimum absolute atomic E-state index is 0.232.